The SMILES string of the molecule is Cc1ccc(C2CCCCN2C#N)cc1.Cc1ccccc1. The summed E-state index contributed by atoms with van der Waals surface area (Å²) in [7, 11) is 0. The Balaban J connectivity index is 0.000000211. The van der Waals surface area contributed by atoms with Gasteiger partial charge in [0.05, 0.1) is 6.04 Å². The molecule has 1 heterocycles. The molecule has 0 N–H and O–H groups in total. The van der Waals surface area contributed by atoms with Crippen molar-refractivity contribution in [2.24, 2.45) is 0 Å². The van der Waals surface area contributed by atoms with Crippen LogP contribution in [0.5, 0.6) is 0 Å². The molecule has 2 aromatic rings. The fraction of sp³-hybridized carbons (Fsp3) is 0.350. The first-order valence-electron chi connectivity index (χ1n) is 7.95. The van der Waals surface area contributed by atoms with E-state index in [1.807, 2.05) is 23.1 Å². The number of nitrogens with zero attached hydrogens (tertiary/aromatic N) is 2. The Morgan fingerprint density at radius 2 is 1.55 bits per heavy atom. The van der Waals surface area contributed by atoms with Crippen LogP contribution in [0.1, 0.15) is 42.0 Å². The maximum absolute atomic E-state index is 9.05. The minimum atomic E-state index is 0.310. The summed E-state index contributed by atoms with van der Waals surface area (Å²) in [6.45, 7) is 5.09. The van der Waals surface area contributed by atoms with Crippen LogP contribution in [0.4, 0.5) is 0 Å². The minimum absolute atomic E-state index is 0.310. The Kier molecular flexibility index (Phi) is 6.03. The Morgan fingerprint density at radius 1 is 0.909 bits per heavy atom. The minimum Gasteiger partial charge on any atom is -0.303 e. The third-order valence-electron chi connectivity index (χ3n) is 4.03. The molecule has 1 unspecified atom stereocenters. The van der Waals surface area contributed by atoms with E-state index in [4.69, 9.17) is 5.26 Å². The third kappa shape index (κ3) is 4.63. The van der Waals surface area contributed by atoms with Crippen LogP contribution in [0.25, 0.3) is 0 Å². The van der Waals surface area contributed by atoms with E-state index in [1.165, 1.54) is 23.1 Å². The molecule has 2 nitrogen and oxygen atoms in total. The Morgan fingerprint density at radius 3 is 2.09 bits per heavy atom. The number of hydrogen-bond acceptors (Lipinski definition) is 2. The zero-order valence-corrected chi connectivity index (χ0v) is 13.5. The molecule has 0 saturated carbocycles. The fourth-order valence-electron chi connectivity index (χ4n) is 2.72. The van der Waals surface area contributed by atoms with E-state index in [9.17, 15) is 0 Å². The van der Waals surface area contributed by atoms with Crippen molar-refractivity contribution in [1.29, 1.82) is 5.26 Å². The van der Waals surface area contributed by atoms with Crippen molar-refractivity contribution in [2.75, 3.05) is 6.54 Å². The first-order chi connectivity index (χ1) is 10.7. The van der Waals surface area contributed by atoms with Gasteiger partial charge in [-0.1, -0.05) is 65.7 Å². The topological polar surface area (TPSA) is 27.0 Å². The maximum atomic E-state index is 9.05. The van der Waals surface area contributed by atoms with Crippen LogP contribution in [0.2, 0.25) is 0 Å². The molecule has 0 aromatic heterocycles. The largest absolute Gasteiger partial charge is 0.303 e. The van der Waals surface area contributed by atoms with Crippen molar-refractivity contribution in [3.05, 3.63) is 71.3 Å². The van der Waals surface area contributed by atoms with Crippen LogP contribution in [0.15, 0.2) is 54.6 Å². The Labute approximate surface area is 134 Å². The predicted octanol–water partition coefficient (Wildman–Crippen LogP) is 5.00. The van der Waals surface area contributed by atoms with Crippen LogP contribution in [0, 0.1) is 25.3 Å². The maximum Gasteiger partial charge on any atom is 0.179 e. The van der Waals surface area contributed by atoms with E-state index >= 15 is 0 Å². The lowest BCUT2D eigenvalue weighted by Gasteiger charge is -2.31. The smallest absolute Gasteiger partial charge is 0.179 e. The Bertz CT molecular complexity index is 596. The first-order valence-corrected chi connectivity index (χ1v) is 7.95. The van der Waals surface area contributed by atoms with Gasteiger partial charge in [0, 0.05) is 6.54 Å². The molecule has 1 aliphatic rings. The summed E-state index contributed by atoms with van der Waals surface area (Å²) >= 11 is 0. The van der Waals surface area contributed by atoms with Crippen LogP contribution >= 0.6 is 0 Å². The summed E-state index contributed by atoms with van der Waals surface area (Å²) in [6, 6.07) is 19.1. The van der Waals surface area contributed by atoms with Crippen molar-refractivity contribution >= 4 is 0 Å². The number of benzene rings is 2. The van der Waals surface area contributed by atoms with Gasteiger partial charge in [-0.25, -0.2) is 0 Å². The fourth-order valence-corrected chi connectivity index (χ4v) is 2.72. The second-order valence-electron chi connectivity index (χ2n) is 5.87. The number of hydrogen-bond donors (Lipinski definition) is 0. The van der Waals surface area contributed by atoms with Gasteiger partial charge in [0.1, 0.15) is 0 Å². The van der Waals surface area contributed by atoms with E-state index in [-0.39, 0.29) is 0 Å². The van der Waals surface area contributed by atoms with Crippen molar-refractivity contribution in [1.82, 2.24) is 4.90 Å². The zero-order chi connectivity index (χ0) is 15.8. The molecule has 1 fully saturated rings. The van der Waals surface area contributed by atoms with Crippen LogP contribution < -0.4 is 0 Å². The molecule has 0 bridgehead atoms. The van der Waals surface area contributed by atoms with Crippen LogP contribution in [-0.2, 0) is 0 Å². The van der Waals surface area contributed by atoms with Gasteiger partial charge in [0.2, 0.25) is 0 Å². The first kappa shape index (κ1) is 16.1. The molecule has 2 heteroatoms. The average molecular weight is 292 g/mol. The number of rotatable bonds is 1. The lowest BCUT2D eigenvalue weighted by atomic mass is 9.95. The molecule has 1 aliphatic heterocycles. The molecule has 1 atom stereocenters. The molecular weight excluding hydrogens is 268 g/mol. The molecule has 1 saturated heterocycles. The summed E-state index contributed by atoms with van der Waals surface area (Å²) in [5.41, 5.74) is 3.88. The van der Waals surface area contributed by atoms with E-state index in [2.05, 4.69) is 56.4 Å². The van der Waals surface area contributed by atoms with Crippen molar-refractivity contribution in [2.45, 2.75) is 39.2 Å². The van der Waals surface area contributed by atoms with Crippen LogP contribution in [0.3, 0.4) is 0 Å². The lowest BCUT2D eigenvalue weighted by Crippen LogP contribution is -2.29. The number of piperidine rings is 1. The number of nitriles is 1. The highest BCUT2D eigenvalue weighted by atomic mass is 15.2. The summed E-state index contributed by atoms with van der Waals surface area (Å²) in [5, 5.41) is 9.05. The van der Waals surface area contributed by atoms with Gasteiger partial charge in [-0.3, -0.25) is 0 Å². The highest BCUT2D eigenvalue weighted by Gasteiger charge is 2.22. The molecule has 2 aromatic carbocycles. The van der Waals surface area contributed by atoms with Crippen molar-refractivity contribution < 1.29 is 0 Å². The van der Waals surface area contributed by atoms with Crippen molar-refractivity contribution in [3.8, 4) is 6.19 Å². The van der Waals surface area contributed by atoms with Gasteiger partial charge in [0.15, 0.2) is 6.19 Å². The summed E-state index contributed by atoms with van der Waals surface area (Å²) in [5.74, 6) is 0. The molecule has 0 spiro atoms. The predicted molar refractivity (Wildman–Crippen MR) is 91.3 cm³/mol. The molecular formula is C20H24N2. The highest BCUT2D eigenvalue weighted by Crippen LogP contribution is 2.30. The van der Waals surface area contributed by atoms with E-state index in [1.54, 1.807) is 0 Å². The summed E-state index contributed by atoms with van der Waals surface area (Å²) in [6.07, 6.45) is 5.79. The Hall–Kier alpha value is -2.27. The molecule has 3 rings (SSSR count). The standard InChI is InChI=1S/C13H16N2.C7H8/c1-11-5-7-12(8-6-11)13-4-2-3-9-15(13)10-14;1-7-5-3-2-4-6-7/h5-8,13H,2-4,9H2,1H3;2-6H,1H3. The molecule has 0 radical (unpaired) electrons. The van der Waals surface area contributed by atoms with Gasteiger partial charge in [-0.05, 0) is 38.7 Å². The quantitative estimate of drug-likeness (QED) is 0.692. The lowest BCUT2D eigenvalue weighted by molar-refractivity contribution is 0.227. The highest BCUT2D eigenvalue weighted by molar-refractivity contribution is 5.25. The van der Waals surface area contributed by atoms with Gasteiger partial charge in [0.25, 0.3) is 0 Å². The molecule has 0 aliphatic carbocycles. The molecule has 114 valence electrons. The van der Waals surface area contributed by atoms with E-state index in [0.717, 1.165) is 19.4 Å². The van der Waals surface area contributed by atoms with Gasteiger partial charge >= 0.3 is 0 Å². The molecule has 22 heavy (non-hydrogen) atoms. The van der Waals surface area contributed by atoms with Crippen LogP contribution in [-0.4, -0.2) is 11.4 Å². The number of likely N-dealkylation sites (tertiary alicyclic amines) is 1. The van der Waals surface area contributed by atoms with Gasteiger partial charge in [-0.15, -0.1) is 0 Å². The summed E-state index contributed by atoms with van der Waals surface area (Å²) in [4.78, 5) is 1.91. The van der Waals surface area contributed by atoms with Gasteiger partial charge in [-0.2, -0.15) is 5.26 Å². The monoisotopic (exact) mass is 292 g/mol. The normalized spacial score (nSPS) is 17.1. The summed E-state index contributed by atoms with van der Waals surface area (Å²) < 4.78 is 0. The average Bonchev–Trinajstić information content (AvgIpc) is 2.57. The van der Waals surface area contributed by atoms with Gasteiger partial charge < -0.3 is 4.90 Å². The van der Waals surface area contributed by atoms with E-state index < -0.39 is 0 Å². The molecule has 0 amide bonds. The third-order valence-corrected chi connectivity index (χ3v) is 4.03. The second kappa shape index (κ2) is 8.24. The second-order valence-corrected chi connectivity index (χ2v) is 5.87. The van der Waals surface area contributed by atoms with E-state index in [0.29, 0.717) is 6.04 Å². The number of aryl methyl sites for hydroxylation is 2. The zero-order valence-electron chi connectivity index (χ0n) is 13.5. The van der Waals surface area contributed by atoms with Crippen molar-refractivity contribution in [3.63, 3.8) is 0 Å².